The van der Waals surface area contributed by atoms with Crippen LogP contribution in [0, 0.1) is 13.8 Å². The Morgan fingerprint density at radius 1 is 1.31 bits per heavy atom. The zero-order valence-electron chi connectivity index (χ0n) is 10.0. The number of benzene rings is 1. The molecule has 0 saturated heterocycles. The molecule has 0 fully saturated rings. The summed E-state index contributed by atoms with van der Waals surface area (Å²) in [6, 6.07) is 5.08. The average molecular weight is 241 g/mol. The molecule has 1 aromatic rings. The maximum absolute atomic E-state index is 12.1. The maximum atomic E-state index is 12.1. The van der Waals surface area contributed by atoms with Crippen molar-refractivity contribution >= 4 is 9.84 Å². The Hall–Kier alpha value is -0.870. The number of aryl methyl sites for hydroxylation is 2. The number of hydrogen-bond donors (Lipinski definition) is 1. The van der Waals surface area contributed by atoms with E-state index in [1.165, 1.54) is 0 Å². The molecule has 0 aliphatic heterocycles. The van der Waals surface area contributed by atoms with E-state index >= 15 is 0 Å². The summed E-state index contributed by atoms with van der Waals surface area (Å²) < 4.78 is 24.1. The monoisotopic (exact) mass is 241 g/mol. The van der Waals surface area contributed by atoms with Crippen molar-refractivity contribution in [3.05, 3.63) is 29.3 Å². The van der Waals surface area contributed by atoms with Gasteiger partial charge in [0.1, 0.15) is 0 Å². The van der Waals surface area contributed by atoms with Gasteiger partial charge in [0, 0.05) is 6.04 Å². The van der Waals surface area contributed by atoms with E-state index in [2.05, 4.69) is 0 Å². The van der Waals surface area contributed by atoms with Gasteiger partial charge in [0.05, 0.1) is 10.6 Å². The van der Waals surface area contributed by atoms with Crippen LogP contribution in [-0.2, 0) is 9.84 Å². The van der Waals surface area contributed by atoms with E-state index in [0.29, 0.717) is 11.3 Å². The van der Waals surface area contributed by atoms with E-state index in [1.807, 2.05) is 32.9 Å². The van der Waals surface area contributed by atoms with Crippen molar-refractivity contribution in [3.8, 4) is 0 Å². The minimum Gasteiger partial charge on any atom is -0.327 e. The molecule has 1 unspecified atom stereocenters. The van der Waals surface area contributed by atoms with Crippen LogP contribution in [-0.4, -0.2) is 20.2 Å². The fourth-order valence-corrected chi connectivity index (χ4v) is 3.44. The van der Waals surface area contributed by atoms with Crippen molar-refractivity contribution in [2.45, 2.75) is 38.1 Å². The lowest BCUT2D eigenvalue weighted by Crippen LogP contribution is -2.29. The maximum Gasteiger partial charge on any atom is 0.180 e. The lowest BCUT2D eigenvalue weighted by molar-refractivity contribution is 0.583. The number of sulfone groups is 1. The first-order chi connectivity index (χ1) is 7.36. The van der Waals surface area contributed by atoms with Gasteiger partial charge in [-0.25, -0.2) is 8.42 Å². The molecule has 0 bridgehead atoms. The molecule has 0 aliphatic carbocycles. The molecule has 0 amide bonds. The van der Waals surface area contributed by atoms with Gasteiger partial charge in [0.2, 0.25) is 0 Å². The number of nitrogens with two attached hydrogens (primary N) is 1. The normalized spacial score (nSPS) is 13.8. The van der Waals surface area contributed by atoms with E-state index in [1.54, 1.807) is 6.07 Å². The smallest absolute Gasteiger partial charge is 0.180 e. The average Bonchev–Trinajstić information content (AvgIpc) is 2.16. The van der Waals surface area contributed by atoms with Gasteiger partial charge in [0.25, 0.3) is 0 Å². The van der Waals surface area contributed by atoms with Gasteiger partial charge in [-0.1, -0.05) is 24.6 Å². The third kappa shape index (κ3) is 3.06. The summed E-state index contributed by atoms with van der Waals surface area (Å²) in [5.41, 5.74) is 7.56. The molecular formula is C12H19NO2S. The van der Waals surface area contributed by atoms with Crippen LogP contribution in [0.2, 0.25) is 0 Å². The standard InChI is InChI=1S/C12H19NO2S/c1-4-11(13)8-16(14,15)12-6-5-9(2)7-10(12)3/h5-7,11H,4,8,13H2,1-3H3. The Kier molecular flexibility index (Phi) is 4.10. The fraction of sp³-hybridized carbons (Fsp3) is 0.500. The van der Waals surface area contributed by atoms with Crippen molar-refractivity contribution in [2.24, 2.45) is 5.73 Å². The predicted octanol–water partition coefficient (Wildman–Crippen LogP) is 1.81. The van der Waals surface area contributed by atoms with Crippen molar-refractivity contribution < 1.29 is 8.42 Å². The summed E-state index contributed by atoms with van der Waals surface area (Å²) >= 11 is 0. The molecule has 0 heterocycles. The Morgan fingerprint density at radius 2 is 1.94 bits per heavy atom. The molecule has 16 heavy (non-hydrogen) atoms. The number of hydrogen-bond acceptors (Lipinski definition) is 3. The van der Waals surface area contributed by atoms with Crippen LogP contribution in [0.4, 0.5) is 0 Å². The van der Waals surface area contributed by atoms with Gasteiger partial charge in [-0.3, -0.25) is 0 Å². The summed E-state index contributed by atoms with van der Waals surface area (Å²) in [5, 5.41) is 0. The van der Waals surface area contributed by atoms with E-state index in [9.17, 15) is 8.42 Å². The van der Waals surface area contributed by atoms with Crippen molar-refractivity contribution in [2.75, 3.05) is 5.75 Å². The van der Waals surface area contributed by atoms with Crippen LogP contribution in [0.3, 0.4) is 0 Å². The van der Waals surface area contributed by atoms with E-state index in [-0.39, 0.29) is 11.8 Å². The molecule has 0 radical (unpaired) electrons. The summed E-state index contributed by atoms with van der Waals surface area (Å²) in [5.74, 6) is 0.0212. The van der Waals surface area contributed by atoms with Crippen molar-refractivity contribution in [1.82, 2.24) is 0 Å². The molecule has 0 spiro atoms. The zero-order chi connectivity index (χ0) is 12.3. The van der Waals surface area contributed by atoms with Gasteiger partial charge in [-0.05, 0) is 31.9 Å². The lowest BCUT2D eigenvalue weighted by Gasteiger charge is -2.12. The third-order valence-electron chi connectivity index (χ3n) is 2.62. The van der Waals surface area contributed by atoms with Crippen LogP contribution in [0.1, 0.15) is 24.5 Å². The third-order valence-corrected chi connectivity index (χ3v) is 4.62. The minimum atomic E-state index is -3.24. The SMILES string of the molecule is CCC(N)CS(=O)(=O)c1ccc(C)cc1C. The van der Waals surface area contributed by atoms with Crippen molar-refractivity contribution in [1.29, 1.82) is 0 Å². The molecule has 0 saturated carbocycles. The van der Waals surface area contributed by atoms with Crippen LogP contribution in [0.5, 0.6) is 0 Å². The van der Waals surface area contributed by atoms with E-state index in [4.69, 9.17) is 5.73 Å². The molecule has 3 nitrogen and oxygen atoms in total. The van der Waals surface area contributed by atoms with Gasteiger partial charge < -0.3 is 5.73 Å². The van der Waals surface area contributed by atoms with E-state index < -0.39 is 9.84 Å². The quantitative estimate of drug-likeness (QED) is 0.874. The molecule has 1 rings (SSSR count). The molecule has 90 valence electrons. The number of rotatable bonds is 4. The predicted molar refractivity (Wildman–Crippen MR) is 66.2 cm³/mol. The van der Waals surface area contributed by atoms with Crippen LogP contribution in [0.25, 0.3) is 0 Å². The second kappa shape index (κ2) is 4.97. The Labute approximate surface area is 97.6 Å². The Balaban J connectivity index is 3.08. The fourth-order valence-electron chi connectivity index (χ4n) is 1.64. The highest BCUT2D eigenvalue weighted by Crippen LogP contribution is 2.18. The summed E-state index contributed by atoms with van der Waals surface area (Å²) in [4.78, 5) is 0.405. The summed E-state index contributed by atoms with van der Waals surface area (Å²) in [6.07, 6.45) is 0.671. The molecule has 1 aromatic carbocycles. The highest BCUT2D eigenvalue weighted by atomic mass is 32.2. The summed E-state index contributed by atoms with van der Waals surface area (Å²) in [6.45, 7) is 5.65. The molecule has 0 aliphatic rings. The zero-order valence-corrected chi connectivity index (χ0v) is 10.8. The van der Waals surface area contributed by atoms with Crippen molar-refractivity contribution in [3.63, 3.8) is 0 Å². The molecule has 1 atom stereocenters. The Morgan fingerprint density at radius 3 is 2.44 bits per heavy atom. The van der Waals surface area contributed by atoms with Crippen LogP contribution < -0.4 is 5.73 Å². The highest BCUT2D eigenvalue weighted by Gasteiger charge is 2.19. The van der Waals surface area contributed by atoms with Gasteiger partial charge in [-0.15, -0.1) is 0 Å². The Bertz CT molecular complexity index is 466. The summed E-state index contributed by atoms with van der Waals surface area (Å²) in [7, 11) is -3.24. The topological polar surface area (TPSA) is 60.2 Å². The van der Waals surface area contributed by atoms with E-state index in [0.717, 1.165) is 11.1 Å². The minimum absolute atomic E-state index is 0.0212. The first-order valence-electron chi connectivity index (χ1n) is 5.42. The molecule has 4 heteroatoms. The lowest BCUT2D eigenvalue weighted by atomic mass is 10.2. The van der Waals surface area contributed by atoms with Gasteiger partial charge in [-0.2, -0.15) is 0 Å². The molecule has 2 N–H and O–H groups in total. The second-order valence-corrected chi connectivity index (χ2v) is 6.22. The first-order valence-corrected chi connectivity index (χ1v) is 7.07. The highest BCUT2D eigenvalue weighted by molar-refractivity contribution is 7.91. The molecular weight excluding hydrogens is 222 g/mol. The van der Waals surface area contributed by atoms with Crippen LogP contribution >= 0.6 is 0 Å². The molecule has 0 aromatic heterocycles. The van der Waals surface area contributed by atoms with Gasteiger partial charge >= 0.3 is 0 Å². The van der Waals surface area contributed by atoms with Gasteiger partial charge in [0.15, 0.2) is 9.84 Å². The van der Waals surface area contributed by atoms with Crippen LogP contribution in [0.15, 0.2) is 23.1 Å². The second-order valence-electron chi connectivity index (χ2n) is 4.22. The first kappa shape index (κ1) is 13.2. The largest absolute Gasteiger partial charge is 0.327 e.